The number of pyridine rings is 1. The number of hydrogen-bond acceptors (Lipinski definition) is 7. The summed E-state index contributed by atoms with van der Waals surface area (Å²) < 4.78 is 11.8. The fraction of sp³-hybridized carbons (Fsp3) is 0.229. The molecule has 3 heterocycles. The second kappa shape index (κ2) is 12.2. The van der Waals surface area contributed by atoms with Gasteiger partial charge >= 0.3 is 0 Å². The van der Waals surface area contributed by atoms with Gasteiger partial charge in [-0.1, -0.05) is 42.5 Å². The van der Waals surface area contributed by atoms with Crippen molar-refractivity contribution < 1.29 is 28.7 Å². The Kier molecular flexibility index (Phi) is 8.04. The Balaban J connectivity index is 1.16. The predicted molar refractivity (Wildman–Crippen MR) is 168 cm³/mol. The van der Waals surface area contributed by atoms with Crippen molar-refractivity contribution in [2.24, 2.45) is 0 Å². The third-order valence-electron chi connectivity index (χ3n) is 7.95. The molecule has 10 heteroatoms. The quantitative estimate of drug-likeness (QED) is 0.241. The summed E-state index contributed by atoms with van der Waals surface area (Å²) in [4.78, 5) is 58.0. The molecule has 45 heavy (non-hydrogen) atoms. The van der Waals surface area contributed by atoms with Crippen LogP contribution >= 0.6 is 0 Å². The number of rotatable bonds is 10. The predicted octanol–water partition coefficient (Wildman–Crippen LogP) is 5.41. The van der Waals surface area contributed by atoms with Gasteiger partial charge in [-0.25, -0.2) is 4.98 Å². The molecule has 0 spiro atoms. The van der Waals surface area contributed by atoms with E-state index in [-0.39, 0.29) is 41.4 Å². The van der Waals surface area contributed by atoms with Crippen molar-refractivity contribution >= 4 is 35.1 Å². The lowest BCUT2D eigenvalue weighted by Crippen LogP contribution is -2.29. The number of amides is 4. The van der Waals surface area contributed by atoms with E-state index in [4.69, 9.17) is 9.47 Å². The van der Waals surface area contributed by atoms with Gasteiger partial charge in [0.05, 0.1) is 37.4 Å². The van der Waals surface area contributed by atoms with E-state index >= 15 is 0 Å². The van der Waals surface area contributed by atoms with Gasteiger partial charge < -0.3 is 19.7 Å². The van der Waals surface area contributed by atoms with Crippen LogP contribution in [0.2, 0.25) is 0 Å². The second-order valence-electron chi connectivity index (χ2n) is 11.2. The number of ether oxygens (including phenoxy) is 2. The standard InChI is InChI=1S/C35H32N4O6/c1-21(9-10-23-7-5-4-6-8-23)45-31-16-26(13-14-30(31)44-3)38-20-25-12-11-24(15-27(25)33(38)41)19-39-34(42)28-17-32(37-22(2)40)36-18-29(28)35(39)43/h4-8,11-18,21H,9-10,19-20H2,1-3H3,(H,36,37,40). The normalized spacial score (nSPS) is 14.3. The fourth-order valence-corrected chi connectivity index (χ4v) is 5.63. The minimum absolute atomic E-state index is 0.0101. The molecular weight excluding hydrogens is 572 g/mol. The van der Waals surface area contributed by atoms with E-state index in [1.807, 2.05) is 49.4 Å². The molecule has 228 valence electrons. The molecule has 0 radical (unpaired) electrons. The van der Waals surface area contributed by atoms with Gasteiger partial charge in [-0.05, 0) is 60.7 Å². The van der Waals surface area contributed by atoms with Gasteiger partial charge in [0.1, 0.15) is 5.82 Å². The molecule has 3 aromatic carbocycles. The van der Waals surface area contributed by atoms with E-state index < -0.39 is 11.8 Å². The Labute approximate surface area is 260 Å². The first-order valence-electron chi connectivity index (χ1n) is 14.7. The maximum atomic E-state index is 13.6. The van der Waals surface area contributed by atoms with Crippen LogP contribution in [0.3, 0.4) is 0 Å². The summed E-state index contributed by atoms with van der Waals surface area (Å²) in [6, 6.07) is 22.5. The molecule has 2 aliphatic heterocycles. The van der Waals surface area contributed by atoms with E-state index in [1.165, 1.54) is 24.8 Å². The summed E-state index contributed by atoms with van der Waals surface area (Å²) in [5.41, 5.74) is 4.24. The van der Waals surface area contributed by atoms with Gasteiger partial charge in [0.15, 0.2) is 11.5 Å². The first-order chi connectivity index (χ1) is 21.7. The van der Waals surface area contributed by atoms with E-state index in [1.54, 1.807) is 24.1 Å². The van der Waals surface area contributed by atoms with Gasteiger partial charge in [-0.15, -0.1) is 0 Å². The molecule has 1 aromatic heterocycles. The highest BCUT2D eigenvalue weighted by molar-refractivity contribution is 6.21. The summed E-state index contributed by atoms with van der Waals surface area (Å²) in [6.07, 6.45) is 2.90. The van der Waals surface area contributed by atoms with Crippen molar-refractivity contribution in [2.45, 2.75) is 45.9 Å². The van der Waals surface area contributed by atoms with Crippen molar-refractivity contribution in [3.05, 3.63) is 112 Å². The Morgan fingerprint density at radius 2 is 1.67 bits per heavy atom. The first-order valence-corrected chi connectivity index (χ1v) is 14.7. The Morgan fingerprint density at radius 1 is 0.889 bits per heavy atom. The number of hydrogen-bond donors (Lipinski definition) is 1. The van der Waals surface area contributed by atoms with Crippen LogP contribution in [-0.2, 0) is 24.3 Å². The van der Waals surface area contributed by atoms with Crippen LogP contribution in [0.4, 0.5) is 11.5 Å². The summed E-state index contributed by atoms with van der Waals surface area (Å²) in [5, 5.41) is 2.53. The molecule has 6 rings (SSSR count). The summed E-state index contributed by atoms with van der Waals surface area (Å²) in [6.45, 7) is 3.71. The van der Waals surface area contributed by atoms with Crippen molar-refractivity contribution in [1.82, 2.24) is 9.88 Å². The van der Waals surface area contributed by atoms with E-state index in [0.717, 1.165) is 23.3 Å². The average Bonchev–Trinajstić information content (AvgIpc) is 3.48. The maximum Gasteiger partial charge on any atom is 0.263 e. The number of nitrogens with zero attached hydrogens (tertiary/aromatic N) is 3. The number of fused-ring (bicyclic) bond motifs is 2. The highest BCUT2D eigenvalue weighted by atomic mass is 16.5. The number of methoxy groups -OCH3 is 1. The molecule has 4 aromatic rings. The molecule has 1 unspecified atom stereocenters. The monoisotopic (exact) mass is 604 g/mol. The number of aromatic nitrogens is 1. The molecule has 10 nitrogen and oxygen atoms in total. The Hall–Kier alpha value is -5.51. The molecule has 0 fully saturated rings. The number of aryl methyl sites for hydroxylation is 1. The summed E-state index contributed by atoms with van der Waals surface area (Å²) in [7, 11) is 1.59. The van der Waals surface area contributed by atoms with Gasteiger partial charge in [0.2, 0.25) is 5.91 Å². The van der Waals surface area contributed by atoms with Crippen LogP contribution in [0.15, 0.2) is 79.0 Å². The van der Waals surface area contributed by atoms with E-state index in [2.05, 4.69) is 22.4 Å². The zero-order chi connectivity index (χ0) is 31.7. The van der Waals surface area contributed by atoms with Crippen LogP contribution in [0.5, 0.6) is 11.5 Å². The molecule has 0 saturated heterocycles. The zero-order valence-electron chi connectivity index (χ0n) is 25.2. The van der Waals surface area contributed by atoms with Crippen molar-refractivity contribution in [3.63, 3.8) is 0 Å². The third kappa shape index (κ3) is 5.99. The smallest absolute Gasteiger partial charge is 0.263 e. The van der Waals surface area contributed by atoms with Gasteiger partial charge in [-0.3, -0.25) is 24.1 Å². The topological polar surface area (TPSA) is 118 Å². The number of carbonyl (C=O) groups excluding carboxylic acids is 4. The van der Waals surface area contributed by atoms with Crippen molar-refractivity contribution in [1.29, 1.82) is 0 Å². The van der Waals surface area contributed by atoms with Crippen LogP contribution in [0.1, 0.15) is 68.0 Å². The minimum atomic E-state index is -0.485. The molecule has 0 saturated carbocycles. The van der Waals surface area contributed by atoms with Crippen molar-refractivity contribution in [2.75, 3.05) is 17.3 Å². The zero-order valence-corrected chi connectivity index (χ0v) is 25.2. The SMILES string of the molecule is COc1ccc(N2Cc3ccc(CN4C(=O)c5cnc(NC(C)=O)cc5C4=O)cc3C2=O)cc1OC(C)CCc1ccccc1. The molecular formula is C35H32N4O6. The van der Waals surface area contributed by atoms with Gasteiger partial charge in [0, 0.05) is 30.4 Å². The number of anilines is 2. The molecule has 4 amide bonds. The van der Waals surface area contributed by atoms with Crippen molar-refractivity contribution in [3.8, 4) is 11.5 Å². The van der Waals surface area contributed by atoms with E-state index in [0.29, 0.717) is 34.9 Å². The molecule has 2 aliphatic rings. The highest BCUT2D eigenvalue weighted by Gasteiger charge is 2.37. The highest BCUT2D eigenvalue weighted by Crippen LogP contribution is 2.37. The molecule has 0 aliphatic carbocycles. The number of nitrogens with one attached hydrogen (secondary N) is 1. The number of carbonyl (C=O) groups is 4. The Morgan fingerprint density at radius 3 is 2.42 bits per heavy atom. The van der Waals surface area contributed by atoms with Crippen LogP contribution in [0, 0.1) is 0 Å². The summed E-state index contributed by atoms with van der Waals surface area (Å²) >= 11 is 0. The maximum absolute atomic E-state index is 13.6. The van der Waals surface area contributed by atoms with Crippen LogP contribution in [-0.4, -0.2) is 46.7 Å². The molecule has 1 N–H and O–H groups in total. The lowest BCUT2D eigenvalue weighted by Gasteiger charge is -2.21. The summed E-state index contributed by atoms with van der Waals surface area (Å²) in [5.74, 6) is -0.151. The number of benzene rings is 3. The fourth-order valence-electron chi connectivity index (χ4n) is 5.63. The van der Waals surface area contributed by atoms with Gasteiger partial charge in [0.25, 0.3) is 17.7 Å². The average molecular weight is 605 g/mol. The first kappa shape index (κ1) is 29.6. The van der Waals surface area contributed by atoms with Crippen LogP contribution < -0.4 is 19.7 Å². The van der Waals surface area contributed by atoms with Gasteiger partial charge in [-0.2, -0.15) is 0 Å². The Bertz CT molecular complexity index is 1820. The van der Waals surface area contributed by atoms with E-state index in [9.17, 15) is 19.2 Å². The lowest BCUT2D eigenvalue weighted by atomic mass is 10.1. The number of imide groups is 1. The van der Waals surface area contributed by atoms with Crippen LogP contribution in [0.25, 0.3) is 0 Å². The lowest BCUT2D eigenvalue weighted by molar-refractivity contribution is -0.114. The molecule has 0 bridgehead atoms. The minimum Gasteiger partial charge on any atom is -0.493 e. The second-order valence-corrected chi connectivity index (χ2v) is 11.2. The third-order valence-corrected chi connectivity index (χ3v) is 7.95. The molecule has 1 atom stereocenters. The largest absolute Gasteiger partial charge is 0.493 e.